The molecule has 2 aromatic heterocycles. The van der Waals surface area contributed by atoms with Crippen molar-refractivity contribution in [3.63, 3.8) is 0 Å². The van der Waals surface area contributed by atoms with Crippen LogP contribution in [-0.2, 0) is 4.79 Å². The molecule has 0 saturated carbocycles. The third-order valence-electron chi connectivity index (χ3n) is 5.84. The van der Waals surface area contributed by atoms with Gasteiger partial charge in [0, 0.05) is 37.4 Å². The number of piperidine rings is 1. The van der Waals surface area contributed by atoms with Gasteiger partial charge in [0.15, 0.2) is 0 Å². The standard InChI is InChI=1S/C19H28N6O2S/c1-3-23-8-5-7-15(23)11-20-17(27)14-6-4-9-24(12-14)19-22-25-16(26)10-13(2)21-18(25)28-19/h10,14-15H,3-9,11-12H2,1-2H3,(H,20,27)/t14-,15+/m1/s1. The van der Waals surface area contributed by atoms with Crippen LogP contribution in [0.25, 0.3) is 4.96 Å². The SMILES string of the molecule is CCN1CCC[C@H]1CNC(=O)[C@@H]1CCCN(c2nn3c(=O)cc(C)nc3s2)C1. The molecule has 0 aromatic carbocycles. The zero-order chi connectivity index (χ0) is 19.7. The summed E-state index contributed by atoms with van der Waals surface area (Å²) in [6, 6.07) is 1.96. The minimum absolute atomic E-state index is 0.0383. The van der Waals surface area contributed by atoms with Gasteiger partial charge in [-0.05, 0) is 45.7 Å². The van der Waals surface area contributed by atoms with E-state index in [1.165, 1.54) is 28.3 Å². The molecule has 2 atom stereocenters. The Morgan fingerprint density at radius 2 is 2.14 bits per heavy atom. The van der Waals surface area contributed by atoms with Gasteiger partial charge in [0.2, 0.25) is 16.0 Å². The van der Waals surface area contributed by atoms with Crippen LogP contribution in [0.15, 0.2) is 10.9 Å². The molecule has 2 saturated heterocycles. The summed E-state index contributed by atoms with van der Waals surface area (Å²) in [5, 5.41) is 8.40. The minimum Gasteiger partial charge on any atom is -0.354 e. The average molecular weight is 405 g/mol. The Hall–Kier alpha value is -2.00. The maximum Gasteiger partial charge on any atom is 0.275 e. The molecule has 2 aromatic rings. The first kappa shape index (κ1) is 19.3. The fraction of sp³-hybridized carbons (Fsp3) is 0.684. The van der Waals surface area contributed by atoms with E-state index >= 15 is 0 Å². The highest BCUT2D eigenvalue weighted by atomic mass is 32.1. The highest BCUT2D eigenvalue weighted by Crippen LogP contribution is 2.27. The van der Waals surface area contributed by atoms with Crippen LogP contribution in [0.5, 0.6) is 0 Å². The maximum absolute atomic E-state index is 12.8. The van der Waals surface area contributed by atoms with Gasteiger partial charge in [0.25, 0.3) is 5.56 Å². The predicted molar refractivity (Wildman–Crippen MR) is 110 cm³/mol. The van der Waals surface area contributed by atoms with Crippen LogP contribution < -0.4 is 15.8 Å². The van der Waals surface area contributed by atoms with Crippen molar-refractivity contribution in [1.82, 2.24) is 24.8 Å². The molecule has 2 aliphatic rings. The van der Waals surface area contributed by atoms with Crippen LogP contribution in [0.1, 0.15) is 38.3 Å². The highest BCUT2D eigenvalue weighted by Gasteiger charge is 2.29. The van der Waals surface area contributed by atoms with Crippen molar-refractivity contribution in [3.8, 4) is 0 Å². The van der Waals surface area contributed by atoms with Crippen molar-refractivity contribution < 1.29 is 4.79 Å². The van der Waals surface area contributed by atoms with Crippen LogP contribution in [0.2, 0.25) is 0 Å². The summed E-state index contributed by atoms with van der Waals surface area (Å²) in [5.41, 5.74) is 0.539. The molecular formula is C19H28N6O2S. The number of aromatic nitrogens is 3. The lowest BCUT2D eigenvalue weighted by Gasteiger charge is -2.32. The number of hydrogen-bond acceptors (Lipinski definition) is 7. The summed E-state index contributed by atoms with van der Waals surface area (Å²) in [4.78, 5) is 34.4. The van der Waals surface area contributed by atoms with Crippen LogP contribution >= 0.6 is 11.3 Å². The van der Waals surface area contributed by atoms with E-state index < -0.39 is 0 Å². The van der Waals surface area contributed by atoms with Gasteiger partial charge < -0.3 is 10.2 Å². The van der Waals surface area contributed by atoms with Crippen LogP contribution in [-0.4, -0.2) is 64.2 Å². The Balaban J connectivity index is 1.41. The maximum atomic E-state index is 12.8. The normalized spacial score (nSPS) is 23.4. The molecule has 2 aliphatic heterocycles. The number of carbonyl (C=O) groups excluding carboxylic acids is 1. The second-order valence-electron chi connectivity index (χ2n) is 7.77. The van der Waals surface area contributed by atoms with Crippen molar-refractivity contribution in [2.24, 2.45) is 5.92 Å². The van der Waals surface area contributed by atoms with E-state index in [1.54, 1.807) is 0 Å². The first-order valence-electron chi connectivity index (χ1n) is 10.2. The van der Waals surface area contributed by atoms with E-state index in [0.717, 1.165) is 50.6 Å². The van der Waals surface area contributed by atoms with Crippen molar-refractivity contribution in [2.75, 3.05) is 37.6 Å². The third-order valence-corrected chi connectivity index (χ3v) is 6.81. The fourth-order valence-electron chi connectivity index (χ4n) is 4.31. The summed E-state index contributed by atoms with van der Waals surface area (Å²) in [6.07, 6.45) is 4.22. The Bertz CT molecular complexity index is 909. The van der Waals surface area contributed by atoms with Gasteiger partial charge >= 0.3 is 0 Å². The first-order chi connectivity index (χ1) is 13.5. The van der Waals surface area contributed by atoms with Gasteiger partial charge in [-0.15, -0.1) is 5.10 Å². The molecule has 4 rings (SSSR count). The molecule has 0 spiro atoms. The molecule has 8 nitrogen and oxygen atoms in total. The topological polar surface area (TPSA) is 82.8 Å². The van der Waals surface area contributed by atoms with E-state index in [2.05, 4.69) is 32.1 Å². The number of aryl methyl sites for hydroxylation is 1. The fourth-order valence-corrected chi connectivity index (χ4v) is 5.30. The monoisotopic (exact) mass is 404 g/mol. The summed E-state index contributed by atoms with van der Waals surface area (Å²) in [7, 11) is 0. The number of anilines is 1. The zero-order valence-electron chi connectivity index (χ0n) is 16.6. The van der Waals surface area contributed by atoms with Crippen LogP contribution in [0.3, 0.4) is 0 Å². The van der Waals surface area contributed by atoms with Gasteiger partial charge in [-0.25, -0.2) is 4.98 Å². The van der Waals surface area contributed by atoms with Crippen molar-refractivity contribution in [2.45, 2.75) is 45.6 Å². The largest absolute Gasteiger partial charge is 0.354 e. The average Bonchev–Trinajstić information content (AvgIpc) is 3.32. The van der Waals surface area contributed by atoms with Gasteiger partial charge in [-0.1, -0.05) is 18.3 Å². The number of likely N-dealkylation sites (tertiary alicyclic amines) is 1. The lowest BCUT2D eigenvalue weighted by molar-refractivity contribution is -0.125. The molecule has 2 fully saturated rings. The molecular weight excluding hydrogens is 376 g/mol. The lowest BCUT2D eigenvalue weighted by atomic mass is 9.97. The molecule has 0 radical (unpaired) electrons. The quantitative estimate of drug-likeness (QED) is 0.808. The second kappa shape index (κ2) is 8.16. The van der Waals surface area contributed by atoms with Gasteiger partial charge in [0.05, 0.1) is 5.92 Å². The molecule has 1 amide bonds. The molecule has 1 N–H and O–H groups in total. The summed E-state index contributed by atoms with van der Waals surface area (Å²) >= 11 is 1.41. The van der Waals surface area contributed by atoms with Crippen LogP contribution in [0, 0.1) is 12.8 Å². The van der Waals surface area contributed by atoms with E-state index in [-0.39, 0.29) is 17.4 Å². The number of nitrogens with one attached hydrogen (secondary N) is 1. The third kappa shape index (κ3) is 3.91. The predicted octanol–water partition coefficient (Wildman–Crippen LogP) is 1.28. The zero-order valence-corrected chi connectivity index (χ0v) is 17.4. The summed E-state index contributed by atoms with van der Waals surface area (Å²) in [6.45, 7) is 8.40. The van der Waals surface area contributed by atoms with Gasteiger partial charge in [-0.2, -0.15) is 4.52 Å². The number of nitrogens with zero attached hydrogens (tertiary/aromatic N) is 5. The Morgan fingerprint density at radius 1 is 1.32 bits per heavy atom. The Morgan fingerprint density at radius 3 is 2.96 bits per heavy atom. The minimum atomic E-state index is -0.159. The molecule has 0 unspecified atom stereocenters. The Kier molecular flexibility index (Phi) is 5.63. The van der Waals surface area contributed by atoms with Gasteiger partial charge in [0.1, 0.15) is 0 Å². The van der Waals surface area contributed by atoms with Crippen molar-refractivity contribution in [3.05, 3.63) is 22.1 Å². The summed E-state index contributed by atoms with van der Waals surface area (Å²) in [5.74, 6) is 0.101. The molecule has 9 heteroatoms. The molecule has 4 heterocycles. The number of hydrogen-bond donors (Lipinski definition) is 1. The Labute approximate surface area is 168 Å². The van der Waals surface area contributed by atoms with Crippen molar-refractivity contribution in [1.29, 1.82) is 0 Å². The molecule has 0 aliphatic carbocycles. The first-order valence-corrected chi connectivity index (χ1v) is 11.0. The van der Waals surface area contributed by atoms with E-state index in [4.69, 9.17) is 0 Å². The van der Waals surface area contributed by atoms with Gasteiger partial charge in [-0.3, -0.25) is 14.5 Å². The van der Waals surface area contributed by atoms with E-state index in [1.807, 2.05) is 6.92 Å². The van der Waals surface area contributed by atoms with E-state index in [0.29, 0.717) is 23.2 Å². The molecule has 28 heavy (non-hydrogen) atoms. The highest BCUT2D eigenvalue weighted by molar-refractivity contribution is 7.20. The number of fused-ring (bicyclic) bond motifs is 1. The number of likely N-dealkylation sites (N-methyl/N-ethyl adjacent to an activating group) is 1. The molecule has 152 valence electrons. The van der Waals surface area contributed by atoms with Crippen molar-refractivity contribution >= 4 is 27.3 Å². The number of carbonyl (C=O) groups is 1. The van der Waals surface area contributed by atoms with E-state index in [9.17, 15) is 9.59 Å². The lowest BCUT2D eigenvalue weighted by Crippen LogP contribution is -2.46. The number of amides is 1. The summed E-state index contributed by atoms with van der Waals surface area (Å²) < 4.78 is 1.36. The number of rotatable bonds is 5. The second-order valence-corrected chi connectivity index (χ2v) is 8.70. The van der Waals surface area contributed by atoms with Crippen LogP contribution in [0.4, 0.5) is 5.13 Å². The smallest absolute Gasteiger partial charge is 0.275 e. The molecule has 0 bridgehead atoms.